The van der Waals surface area contributed by atoms with Gasteiger partial charge in [0.15, 0.2) is 6.10 Å². The SMILES string of the molecule is CN(C)c1ncc(CNC(=O)[C@H]2CSc3ccccc3O2)n1C. The van der Waals surface area contributed by atoms with Gasteiger partial charge in [0.1, 0.15) is 5.75 Å². The number of ether oxygens (including phenoxy) is 1. The molecule has 23 heavy (non-hydrogen) atoms. The third-order valence-corrected chi connectivity index (χ3v) is 4.82. The summed E-state index contributed by atoms with van der Waals surface area (Å²) in [6, 6.07) is 7.79. The van der Waals surface area contributed by atoms with E-state index in [1.54, 1.807) is 18.0 Å². The number of nitrogens with one attached hydrogen (secondary N) is 1. The first-order valence-electron chi connectivity index (χ1n) is 7.40. The lowest BCUT2D eigenvalue weighted by atomic mass is 10.3. The van der Waals surface area contributed by atoms with E-state index in [2.05, 4.69) is 10.3 Å². The van der Waals surface area contributed by atoms with Crippen molar-refractivity contribution in [3.63, 3.8) is 0 Å². The van der Waals surface area contributed by atoms with Gasteiger partial charge in [0.25, 0.3) is 5.91 Å². The molecule has 1 aliphatic heterocycles. The van der Waals surface area contributed by atoms with E-state index in [0.717, 1.165) is 22.3 Å². The van der Waals surface area contributed by atoms with Gasteiger partial charge in [0.05, 0.1) is 18.4 Å². The van der Waals surface area contributed by atoms with Crippen molar-refractivity contribution < 1.29 is 9.53 Å². The van der Waals surface area contributed by atoms with Crippen molar-refractivity contribution in [1.82, 2.24) is 14.9 Å². The summed E-state index contributed by atoms with van der Waals surface area (Å²) in [5.41, 5.74) is 0.950. The van der Waals surface area contributed by atoms with Gasteiger partial charge in [0, 0.05) is 31.8 Å². The van der Waals surface area contributed by atoms with Gasteiger partial charge in [-0.15, -0.1) is 11.8 Å². The fourth-order valence-electron chi connectivity index (χ4n) is 2.45. The van der Waals surface area contributed by atoms with E-state index in [-0.39, 0.29) is 5.91 Å². The Bertz CT molecular complexity index is 714. The first-order chi connectivity index (χ1) is 11.1. The third-order valence-electron chi connectivity index (χ3n) is 3.70. The van der Waals surface area contributed by atoms with E-state index < -0.39 is 6.10 Å². The van der Waals surface area contributed by atoms with Crippen molar-refractivity contribution >= 4 is 23.6 Å². The second kappa shape index (κ2) is 6.54. The van der Waals surface area contributed by atoms with Crippen LogP contribution in [0.25, 0.3) is 0 Å². The Hall–Kier alpha value is -2.15. The van der Waals surface area contributed by atoms with Gasteiger partial charge in [-0.25, -0.2) is 4.98 Å². The molecule has 0 aliphatic carbocycles. The third kappa shape index (κ3) is 3.29. The smallest absolute Gasteiger partial charge is 0.262 e. The number of carbonyl (C=O) groups excluding carboxylic acids is 1. The lowest BCUT2D eigenvalue weighted by Gasteiger charge is -2.24. The molecule has 0 spiro atoms. The van der Waals surface area contributed by atoms with Crippen LogP contribution in [0.2, 0.25) is 0 Å². The highest BCUT2D eigenvalue weighted by molar-refractivity contribution is 7.99. The molecule has 1 atom stereocenters. The number of para-hydroxylation sites is 1. The van der Waals surface area contributed by atoms with Gasteiger partial charge in [-0.3, -0.25) is 4.79 Å². The molecule has 122 valence electrons. The Morgan fingerprint density at radius 3 is 3.00 bits per heavy atom. The average Bonchev–Trinajstić information content (AvgIpc) is 2.93. The van der Waals surface area contributed by atoms with Crippen LogP contribution in [0.4, 0.5) is 5.95 Å². The molecule has 2 aromatic rings. The van der Waals surface area contributed by atoms with E-state index in [1.165, 1.54) is 0 Å². The summed E-state index contributed by atoms with van der Waals surface area (Å²) in [4.78, 5) is 19.7. The molecule has 1 aliphatic rings. The normalized spacial score (nSPS) is 16.4. The zero-order valence-electron chi connectivity index (χ0n) is 13.4. The monoisotopic (exact) mass is 332 g/mol. The second-order valence-corrected chi connectivity index (χ2v) is 6.65. The van der Waals surface area contributed by atoms with Crippen LogP contribution in [0.1, 0.15) is 5.69 Å². The molecule has 0 radical (unpaired) electrons. The van der Waals surface area contributed by atoms with Crippen molar-refractivity contribution in [3.05, 3.63) is 36.2 Å². The molecular weight excluding hydrogens is 312 g/mol. The Balaban J connectivity index is 1.60. The number of hydrogen-bond acceptors (Lipinski definition) is 5. The summed E-state index contributed by atoms with van der Waals surface area (Å²) < 4.78 is 7.76. The number of rotatable bonds is 4. The molecule has 1 amide bonds. The topological polar surface area (TPSA) is 59.4 Å². The van der Waals surface area contributed by atoms with Crippen molar-refractivity contribution in [3.8, 4) is 5.75 Å². The predicted molar refractivity (Wildman–Crippen MR) is 91.0 cm³/mol. The van der Waals surface area contributed by atoms with Crippen molar-refractivity contribution in [2.45, 2.75) is 17.5 Å². The van der Waals surface area contributed by atoms with Crippen molar-refractivity contribution in [2.24, 2.45) is 7.05 Å². The zero-order chi connectivity index (χ0) is 16.4. The summed E-state index contributed by atoms with van der Waals surface area (Å²) in [5, 5.41) is 2.94. The van der Waals surface area contributed by atoms with Crippen molar-refractivity contribution in [2.75, 3.05) is 24.7 Å². The summed E-state index contributed by atoms with van der Waals surface area (Å²) in [5.74, 6) is 2.16. The van der Waals surface area contributed by atoms with Crippen LogP contribution < -0.4 is 15.0 Å². The largest absolute Gasteiger partial charge is 0.479 e. The minimum Gasteiger partial charge on any atom is -0.479 e. The Morgan fingerprint density at radius 2 is 2.26 bits per heavy atom. The Morgan fingerprint density at radius 1 is 1.48 bits per heavy atom. The molecule has 7 heteroatoms. The number of carbonyl (C=O) groups is 1. The molecule has 0 saturated heterocycles. The number of hydrogen-bond donors (Lipinski definition) is 1. The van der Waals surface area contributed by atoms with Gasteiger partial charge < -0.3 is 19.5 Å². The number of nitrogens with zero attached hydrogens (tertiary/aromatic N) is 3. The summed E-state index contributed by atoms with van der Waals surface area (Å²) in [6.45, 7) is 0.433. The van der Waals surface area contributed by atoms with Gasteiger partial charge in [-0.2, -0.15) is 0 Å². The minimum atomic E-state index is -0.462. The summed E-state index contributed by atoms with van der Waals surface area (Å²) in [6.07, 6.45) is 1.32. The number of benzene rings is 1. The Labute approximate surface area is 139 Å². The molecule has 2 heterocycles. The van der Waals surface area contributed by atoms with Crippen LogP contribution in [-0.2, 0) is 18.4 Å². The van der Waals surface area contributed by atoms with Crippen LogP contribution in [0.5, 0.6) is 5.75 Å². The molecule has 3 rings (SSSR count). The second-order valence-electron chi connectivity index (χ2n) is 5.59. The fourth-order valence-corrected chi connectivity index (χ4v) is 3.44. The molecule has 1 aromatic heterocycles. The van der Waals surface area contributed by atoms with Gasteiger partial charge in [-0.05, 0) is 12.1 Å². The number of anilines is 1. The van der Waals surface area contributed by atoms with Gasteiger partial charge >= 0.3 is 0 Å². The van der Waals surface area contributed by atoms with Crippen molar-refractivity contribution in [1.29, 1.82) is 0 Å². The quantitative estimate of drug-likeness (QED) is 0.923. The number of thioether (sulfide) groups is 1. The Kier molecular flexibility index (Phi) is 4.47. The highest BCUT2D eigenvalue weighted by atomic mass is 32.2. The first-order valence-corrected chi connectivity index (χ1v) is 8.39. The highest BCUT2D eigenvalue weighted by Gasteiger charge is 2.26. The lowest BCUT2D eigenvalue weighted by Crippen LogP contribution is -2.41. The molecule has 1 aromatic carbocycles. The van der Waals surface area contributed by atoms with E-state index in [0.29, 0.717) is 12.3 Å². The molecule has 0 unspecified atom stereocenters. The number of amides is 1. The molecule has 1 N–H and O–H groups in total. The highest BCUT2D eigenvalue weighted by Crippen LogP contribution is 2.34. The molecule has 0 bridgehead atoms. The maximum Gasteiger partial charge on any atom is 0.262 e. The molecule has 0 fully saturated rings. The summed E-state index contributed by atoms with van der Waals surface area (Å²) >= 11 is 1.65. The number of imidazole rings is 1. The molecule has 0 saturated carbocycles. The summed E-state index contributed by atoms with van der Waals surface area (Å²) in [7, 11) is 5.82. The maximum atomic E-state index is 12.3. The van der Waals surface area contributed by atoms with Crippen LogP contribution in [0, 0.1) is 0 Å². The van der Waals surface area contributed by atoms with Crippen LogP contribution in [-0.4, -0.2) is 41.4 Å². The average molecular weight is 332 g/mol. The molecule has 6 nitrogen and oxygen atoms in total. The maximum absolute atomic E-state index is 12.3. The minimum absolute atomic E-state index is 0.0976. The van der Waals surface area contributed by atoms with E-state index in [9.17, 15) is 4.79 Å². The number of fused-ring (bicyclic) bond motifs is 1. The molecular formula is C16H20N4O2S. The van der Waals surface area contributed by atoms with E-state index in [4.69, 9.17) is 4.74 Å². The fraction of sp³-hybridized carbons (Fsp3) is 0.375. The standard InChI is InChI=1S/C16H20N4O2S/c1-19(2)16-18-9-11(20(16)3)8-17-15(21)13-10-23-14-7-5-4-6-12(14)22-13/h4-7,9,13H,8,10H2,1-3H3,(H,17,21)/t13-/m1/s1. The van der Waals surface area contributed by atoms with E-state index >= 15 is 0 Å². The van der Waals surface area contributed by atoms with Gasteiger partial charge in [0.2, 0.25) is 5.95 Å². The zero-order valence-corrected chi connectivity index (χ0v) is 14.3. The lowest BCUT2D eigenvalue weighted by molar-refractivity contribution is -0.127. The van der Waals surface area contributed by atoms with Crippen LogP contribution >= 0.6 is 11.8 Å². The van der Waals surface area contributed by atoms with Crippen LogP contribution in [0.3, 0.4) is 0 Å². The first kappa shape index (κ1) is 15.7. The van der Waals surface area contributed by atoms with Crippen LogP contribution in [0.15, 0.2) is 35.4 Å². The number of aromatic nitrogens is 2. The van der Waals surface area contributed by atoms with E-state index in [1.807, 2.05) is 54.9 Å². The predicted octanol–water partition coefficient (Wildman–Crippen LogP) is 1.66. The van der Waals surface area contributed by atoms with Gasteiger partial charge in [-0.1, -0.05) is 12.1 Å².